The van der Waals surface area contributed by atoms with Crippen molar-refractivity contribution in [3.8, 4) is 0 Å². The third-order valence-electron chi connectivity index (χ3n) is 2.32. The highest BCUT2D eigenvalue weighted by atomic mass is 79.9. The third kappa shape index (κ3) is 4.01. The van der Waals surface area contributed by atoms with Crippen molar-refractivity contribution < 1.29 is 0 Å². The second-order valence-corrected chi connectivity index (χ2v) is 6.70. The summed E-state index contributed by atoms with van der Waals surface area (Å²) < 4.78 is 1.20. The molecule has 0 bridgehead atoms. The van der Waals surface area contributed by atoms with Crippen molar-refractivity contribution in [3.05, 3.63) is 20.8 Å². The number of thiophene rings is 1. The number of halogens is 2. The Kier molecular flexibility index (Phi) is 5.67. The molecule has 0 aliphatic rings. The van der Waals surface area contributed by atoms with Crippen LogP contribution in [-0.4, -0.2) is 11.4 Å². The molecule has 1 N–H and O–H groups in total. The van der Waals surface area contributed by atoms with Crippen LogP contribution in [0.5, 0.6) is 0 Å². The molecule has 0 aliphatic heterocycles. The van der Waals surface area contributed by atoms with Gasteiger partial charge < -0.3 is 5.32 Å². The quantitative estimate of drug-likeness (QED) is 0.798. The van der Waals surface area contributed by atoms with E-state index in [9.17, 15) is 0 Å². The highest BCUT2D eigenvalue weighted by Gasteiger charge is 2.10. The average molecular weight is 341 g/mol. The summed E-state index contributed by atoms with van der Waals surface area (Å²) in [7, 11) is 0. The van der Waals surface area contributed by atoms with Crippen molar-refractivity contribution in [3.63, 3.8) is 0 Å². The number of alkyl halides is 1. The van der Waals surface area contributed by atoms with Gasteiger partial charge in [0.25, 0.3) is 0 Å². The van der Waals surface area contributed by atoms with Crippen molar-refractivity contribution in [2.24, 2.45) is 5.92 Å². The molecule has 0 aliphatic carbocycles. The molecule has 0 saturated carbocycles. The van der Waals surface area contributed by atoms with E-state index < -0.39 is 0 Å². The van der Waals surface area contributed by atoms with Gasteiger partial charge >= 0.3 is 0 Å². The van der Waals surface area contributed by atoms with Gasteiger partial charge in [-0.25, -0.2) is 0 Å². The van der Waals surface area contributed by atoms with Crippen LogP contribution in [-0.2, 0) is 6.54 Å². The van der Waals surface area contributed by atoms with Gasteiger partial charge in [0.05, 0.1) is 3.79 Å². The van der Waals surface area contributed by atoms with Crippen LogP contribution in [0.3, 0.4) is 0 Å². The second-order valence-electron chi connectivity index (χ2n) is 3.51. The summed E-state index contributed by atoms with van der Waals surface area (Å²) in [5, 5.41) is 4.57. The van der Waals surface area contributed by atoms with Gasteiger partial charge in [0.2, 0.25) is 0 Å². The molecule has 1 aromatic rings. The number of rotatable bonds is 5. The first-order chi connectivity index (χ1) is 6.63. The summed E-state index contributed by atoms with van der Waals surface area (Å²) in [4.78, 5) is 1.38. The second kappa shape index (κ2) is 6.26. The SMILES string of the molecule is CC(CBr)C(C)NCc1ccc(Br)s1. The van der Waals surface area contributed by atoms with Gasteiger partial charge in [-0.05, 0) is 40.9 Å². The molecular formula is C10H15Br2NS. The maximum Gasteiger partial charge on any atom is 0.0701 e. The molecule has 0 amide bonds. The zero-order valence-corrected chi connectivity index (χ0v) is 12.4. The molecule has 0 radical (unpaired) electrons. The smallest absolute Gasteiger partial charge is 0.0701 e. The fourth-order valence-corrected chi connectivity index (χ4v) is 3.04. The molecule has 0 aromatic carbocycles. The van der Waals surface area contributed by atoms with Crippen LogP contribution in [0.4, 0.5) is 0 Å². The number of nitrogens with one attached hydrogen (secondary N) is 1. The van der Waals surface area contributed by atoms with Crippen molar-refractivity contribution in [2.45, 2.75) is 26.4 Å². The Balaban J connectivity index is 2.33. The summed E-state index contributed by atoms with van der Waals surface area (Å²) >= 11 is 8.76. The van der Waals surface area contributed by atoms with E-state index in [1.807, 2.05) is 0 Å². The predicted octanol–water partition coefficient (Wildman–Crippen LogP) is 4.02. The monoisotopic (exact) mass is 339 g/mol. The van der Waals surface area contributed by atoms with Gasteiger partial charge in [0, 0.05) is 22.8 Å². The van der Waals surface area contributed by atoms with Gasteiger partial charge in [-0.2, -0.15) is 0 Å². The van der Waals surface area contributed by atoms with Crippen LogP contribution in [0.2, 0.25) is 0 Å². The topological polar surface area (TPSA) is 12.0 Å². The normalized spacial score (nSPS) is 15.4. The Hall–Kier alpha value is 0.620. The van der Waals surface area contributed by atoms with Gasteiger partial charge in [0.1, 0.15) is 0 Å². The van der Waals surface area contributed by atoms with E-state index in [0.29, 0.717) is 12.0 Å². The first-order valence-corrected chi connectivity index (χ1v) is 7.40. The fraction of sp³-hybridized carbons (Fsp3) is 0.600. The molecule has 2 unspecified atom stereocenters. The van der Waals surface area contributed by atoms with E-state index in [1.54, 1.807) is 11.3 Å². The highest BCUT2D eigenvalue weighted by molar-refractivity contribution is 9.11. The van der Waals surface area contributed by atoms with Crippen LogP contribution in [0, 0.1) is 5.92 Å². The minimum absolute atomic E-state index is 0.551. The lowest BCUT2D eigenvalue weighted by atomic mass is 10.1. The largest absolute Gasteiger partial charge is 0.309 e. The lowest BCUT2D eigenvalue weighted by Crippen LogP contribution is -2.32. The maximum absolute atomic E-state index is 3.52. The van der Waals surface area contributed by atoms with Gasteiger partial charge in [-0.1, -0.05) is 22.9 Å². The Morgan fingerprint density at radius 1 is 1.43 bits per heavy atom. The average Bonchev–Trinajstić information content (AvgIpc) is 2.59. The molecule has 80 valence electrons. The van der Waals surface area contributed by atoms with Crippen molar-refractivity contribution >= 4 is 43.2 Å². The Labute approximate surface area is 107 Å². The molecule has 0 fully saturated rings. The molecule has 4 heteroatoms. The van der Waals surface area contributed by atoms with Crippen LogP contribution in [0.25, 0.3) is 0 Å². The van der Waals surface area contributed by atoms with Gasteiger partial charge in [-0.15, -0.1) is 11.3 Å². The van der Waals surface area contributed by atoms with E-state index in [4.69, 9.17) is 0 Å². The molecule has 14 heavy (non-hydrogen) atoms. The molecule has 2 atom stereocenters. The molecule has 1 aromatic heterocycles. The lowest BCUT2D eigenvalue weighted by Gasteiger charge is -2.18. The van der Waals surface area contributed by atoms with Crippen LogP contribution >= 0.6 is 43.2 Å². The van der Waals surface area contributed by atoms with Crippen LogP contribution < -0.4 is 5.32 Å². The van der Waals surface area contributed by atoms with Crippen molar-refractivity contribution in [1.29, 1.82) is 0 Å². The Morgan fingerprint density at radius 3 is 2.64 bits per heavy atom. The van der Waals surface area contributed by atoms with E-state index >= 15 is 0 Å². The standard InChI is InChI=1S/C10H15Br2NS/c1-7(5-11)8(2)13-6-9-3-4-10(12)14-9/h3-4,7-8,13H,5-6H2,1-2H3. The van der Waals surface area contributed by atoms with E-state index in [2.05, 4.69) is 63.2 Å². The van der Waals surface area contributed by atoms with E-state index in [0.717, 1.165) is 11.9 Å². The van der Waals surface area contributed by atoms with E-state index in [-0.39, 0.29) is 0 Å². The fourth-order valence-electron chi connectivity index (χ4n) is 1.04. The van der Waals surface area contributed by atoms with Gasteiger partial charge in [-0.3, -0.25) is 0 Å². The minimum atomic E-state index is 0.551. The molecule has 1 rings (SSSR count). The van der Waals surface area contributed by atoms with Crippen molar-refractivity contribution in [1.82, 2.24) is 5.32 Å². The summed E-state index contributed by atoms with van der Waals surface area (Å²) in [5.41, 5.74) is 0. The highest BCUT2D eigenvalue weighted by Crippen LogP contribution is 2.22. The molecule has 1 heterocycles. The summed E-state index contributed by atoms with van der Waals surface area (Å²) in [6, 6.07) is 4.81. The zero-order valence-electron chi connectivity index (χ0n) is 8.39. The van der Waals surface area contributed by atoms with Gasteiger partial charge in [0.15, 0.2) is 0 Å². The predicted molar refractivity (Wildman–Crippen MR) is 71.3 cm³/mol. The molecule has 0 saturated heterocycles. The summed E-state index contributed by atoms with van der Waals surface area (Å²) in [6.45, 7) is 5.44. The number of hydrogen-bond donors (Lipinski definition) is 1. The van der Waals surface area contributed by atoms with Crippen LogP contribution in [0.1, 0.15) is 18.7 Å². The first-order valence-electron chi connectivity index (χ1n) is 4.67. The Morgan fingerprint density at radius 2 is 2.14 bits per heavy atom. The van der Waals surface area contributed by atoms with Crippen molar-refractivity contribution in [2.75, 3.05) is 5.33 Å². The molecule has 1 nitrogen and oxygen atoms in total. The lowest BCUT2D eigenvalue weighted by molar-refractivity contribution is 0.435. The summed E-state index contributed by atoms with van der Waals surface area (Å²) in [5.74, 6) is 0.665. The first kappa shape index (κ1) is 12.7. The number of hydrogen-bond acceptors (Lipinski definition) is 2. The summed E-state index contributed by atoms with van der Waals surface area (Å²) in [6.07, 6.45) is 0. The minimum Gasteiger partial charge on any atom is -0.309 e. The maximum atomic E-state index is 3.52. The zero-order chi connectivity index (χ0) is 10.6. The van der Waals surface area contributed by atoms with E-state index in [1.165, 1.54) is 8.66 Å². The third-order valence-corrected chi connectivity index (χ3v) is 4.97. The molecular weight excluding hydrogens is 326 g/mol. The van der Waals surface area contributed by atoms with Crippen LogP contribution in [0.15, 0.2) is 15.9 Å². The molecule has 0 spiro atoms. The Bertz CT molecular complexity index is 275.